The van der Waals surface area contributed by atoms with Crippen molar-refractivity contribution < 1.29 is 9.47 Å². The van der Waals surface area contributed by atoms with Gasteiger partial charge in [0.25, 0.3) is 0 Å². The summed E-state index contributed by atoms with van der Waals surface area (Å²) in [6.45, 7) is 7.24. The van der Waals surface area contributed by atoms with Crippen LogP contribution >= 0.6 is 28.1 Å². The maximum atomic E-state index is 5.67. The van der Waals surface area contributed by atoms with Crippen LogP contribution in [-0.2, 0) is 0 Å². The average Bonchev–Trinajstić information content (AvgIpc) is 2.95. The second-order valence-electron chi connectivity index (χ2n) is 4.64. The Bertz CT molecular complexity index is 487. The first-order valence-electron chi connectivity index (χ1n) is 7.05. The number of likely N-dealkylation sites (tertiary alicyclic amines) is 1. The van der Waals surface area contributed by atoms with Crippen molar-refractivity contribution in [1.29, 1.82) is 0 Å². The van der Waals surface area contributed by atoms with Crippen molar-refractivity contribution in [2.75, 3.05) is 26.3 Å². The Balaban J connectivity index is 2.32. The lowest BCUT2D eigenvalue weighted by Crippen LogP contribution is -2.27. The number of hydrogen-bond acceptors (Lipinski definition) is 3. The molecule has 0 spiro atoms. The number of ether oxygens (including phenoxy) is 2. The first-order chi connectivity index (χ1) is 9.67. The van der Waals surface area contributed by atoms with Crippen LogP contribution in [0.2, 0.25) is 0 Å². The average molecular weight is 358 g/mol. The van der Waals surface area contributed by atoms with Gasteiger partial charge in [0.1, 0.15) is 4.99 Å². The summed E-state index contributed by atoms with van der Waals surface area (Å²) in [6, 6.07) is 3.94. The fraction of sp³-hybridized carbons (Fsp3) is 0.533. The molecule has 0 saturated carbocycles. The minimum Gasteiger partial charge on any atom is -0.490 e. The third kappa shape index (κ3) is 3.44. The van der Waals surface area contributed by atoms with Gasteiger partial charge in [0.15, 0.2) is 11.5 Å². The van der Waals surface area contributed by atoms with E-state index in [4.69, 9.17) is 21.7 Å². The predicted molar refractivity (Wildman–Crippen MR) is 89.0 cm³/mol. The molecule has 1 aromatic rings. The van der Waals surface area contributed by atoms with Gasteiger partial charge in [-0.1, -0.05) is 12.2 Å². The molecule has 2 rings (SSSR count). The van der Waals surface area contributed by atoms with Crippen LogP contribution in [0, 0.1) is 0 Å². The summed E-state index contributed by atoms with van der Waals surface area (Å²) in [5.74, 6) is 1.52. The van der Waals surface area contributed by atoms with Crippen LogP contribution in [-0.4, -0.2) is 36.2 Å². The molecule has 3 nitrogen and oxygen atoms in total. The monoisotopic (exact) mass is 357 g/mol. The fourth-order valence-electron chi connectivity index (χ4n) is 2.33. The molecule has 5 heteroatoms. The van der Waals surface area contributed by atoms with Gasteiger partial charge in [0.2, 0.25) is 0 Å². The molecule has 1 aliphatic heterocycles. The van der Waals surface area contributed by atoms with E-state index in [1.807, 2.05) is 26.0 Å². The SMILES string of the molecule is CCOc1cc(Br)c(C(=S)N2CCCC2)cc1OCC. The van der Waals surface area contributed by atoms with Gasteiger partial charge in [-0.15, -0.1) is 0 Å². The number of hydrogen-bond donors (Lipinski definition) is 0. The molecule has 0 aromatic heterocycles. The number of benzene rings is 1. The van der Waals surface area contributed by atoms with Crippen molar-refractivity contribution in [2.24, 2.45) is 0 Å². The second-order valence-corrected chi connectivity index (χ2v) is 5.89. The van der Waals surface area contributed by atoms with Crippen molar-refractivity contribution in [3.05, 3.63) is 22.2 Å². The molecule has 20 heavy (non-hydrogen) atoms. The highest BCUT2D eigenvalue weighted by molar-refractivity contribution is 9.10. The minimum atomic E-state index is 0.609. The zero-order chi connectivity index (χ0) is 14.5. The maximum Gasteiger partial charge on any atom is 0.162 e. The standard InChI is InChI=1S/C15H20BrNO2S/c1-3-18-13-9-11(12(16)10-14(13)19-4-2)15(20)17-7-5-6-8-17/h9-10H,3-8H2,1-2H3. The fourth-order valence-corrected chi connectivity index (χ4v) is 3.32. The Morgan fingerprint density at radius 2 is 1.70 bits per heavy atom. The third-order valence-electron chi connectivity index (χ3n) is 3.26. The summed E-state index contributed by atoms with van der Waals surface area (Å²) in [7, 11) is 0. The smallest absolute Gasteiger partial charge is 0.162 e. The molecule has 1 aromatic carbocycles. The summed E-state index contributed by atoms with van der Waals surface area (Å²) < 4.78 is 12.3. The van der Waals surface area contributed by atoms with Gasteiger partial charge in [0, 0.05) is 23.1 Å². The van der Waals surface area contributed by atoms with E-state index in [0.717, 1.165) is 39.6 Å². The molecular weight excluding hydrogens is 338 g/mol. The minimum absolute atomic E-state index is 0.609. The topological polar surface area (TPSA) is 21.7 Å². The van der Waals surface area contributed by atoms with Gasteiger partial charge in [-0.3, -0.25) is 0 Å². The Kier molecular flexibility index (Phi) is 5.66. The van der Waals surface area contributed by atoms with Gasteiger partial charge in [-0.2, -0.15) is 0 Å². The van der Waals surface area contributed by atoms with E-state index in [0.29, 0.717) is 13.2 Å². The molecule has 0 atom stereocenters. The summed E-state index contributed by atoms with van der Waals surface area (Å²) in [5, 5.41) is 0. The molecule has 1 heterocycles. The molecule has 0 unspecified atom stereocenters. The lowest BCUT2D eigenvalue weighted by Gasteiger charge is -2.21. The largest absolute Gasteiger partial charge is 0.490 e. The van der Waals surface area contributed by atoms with E-state index in [1.165, 1.54) is 12.8 Å². The number of thiocarbonyl (C=S) groups is 1. The van der Waals surface area contributed by atoms with Crippen molar-refractivity contribution in [3.8, 4) is 11.5 Å². The number of halogens is 1. The second kappa shape index (κ2) is 7.27. The Hall–Kier alpha value is -0.810. The van der Waals surface area contributed by atoms with Crippen molar-refractivity contribution in [2.45, 2.75) is 26.7 Å². The van der Waals surface area contributed by atoms with Crippen molar-refractivity contribution in [1.82, 2.24) is 4.90 Å². The first kappa shape index (κ1) is 15.6. The lowest BCUT2D eigenvalue weighted by atomic mass is 10.2. The summed E-state index contributed by atoms with van der Waals surface area (Å²) in [4.78, 5) is 3.14. The zero-order valence-electron chi connectivity index (χ0n) is 11.9. The van der Waals surface area contributed by atoms with E-state index in [2.05, 4.69) is 20.8 Å². The van der Waals surface area contributed by atoms with Crippen LogP contribution in [0.1, 0.15) is 32.3 Å². The third-order valence-corrected chi connectivity index (χ3v) is 4.39. The number of rotatable bonds is 5. The highest BCUT2D eigenvalue weighted by Gasteiger charge is 2.20. The predicted octanol–water partition coefficient (Wildman–Crippen LogP) is 4.02. The summed E-state index contributed by atoms with van der Waals surface area (Å²) in [6.07, 6.45) is 2.43. The molecule has 0 N–H and O–H groups in total. The van der Waals surface area contributed by atoms with Crippen LogP contribution in [0.4, 0.5) is 0 Å². The first-order valence-corrected chi connectivity index (χ1v) is 8.25. The molecule has 0 bridgehead atoms. The van der Waals surface area contributed by atoms with Crippen molar-refractivity contribution >= 4 is 33.1 Å². The van der Waals surface area contributed by atoms with Gasteiger partial charge < -0.3 is 14.4 Å². The van der Waals surface area contributed by atoms with Crippen LogP contribution < -0.4 is 9.47 Å². The Morgan fingerprint density at radius 1 is 1.15 bits per heavy atom. The molecule has 1 fully saturated rings. The lowest BCUT2D eigenvalue weighted by molar-refractivity contribution is 0.287. The zero-order valence-corrected chi connectivity index (χ0v) is 14.3. The highest BCUT2D eigenvalue weighted by atomic mass is 79.9. The van der Waals surface area contributed by atoms with Gasteiger partial charge in [-0.25, -0.2) is 0 Å². The Labute approximate surface area is 134 Å². The van der Waals surface area contributed by atoms with E-state index in [1.54, 1.807) is 0 Å². The van der Waals surface area contributed by atoms with E-state index < -0.39 is 0 Å². The number of nitrogens with zero attached hydrogens (tertiary/aromatic N) is 1. The highest BCUT2D eigenvalue weighted by Crippen LogP contribution is 2.35. The molecule has 110 valence electrons. The Morgan fingerprint density at radius 3 is 2.25 bits per heavy atom. The van der Waals surface area contributed by atoms with E-state index in [-0.39, 0.29) is 0 Å². The molecule has 1 saturated heterocycles. The maximum absolute atomic E-state index is 5.67. The van der Waals surface area contributed by atoms with Crippen molar-refractivity contribution in [3.63, 3.8) is 0 Å². The van der Waals surface area contributed by atoms with Gasteiger partial charge in [-0.05, 0) is 54.8 Å². The molecule has 0 amide bonds. The van der Waals surface area contributed by atoms with E-state index in [9.17, 15) is 0 Å². The van der Waals surface area contributed by atoms with E-state index >= 15 is 0 Å². The quantitative estimate of drug-likeness (QED) is 0.741. The van der Waals surface area contributed by atoms with Crippen LogP contribution in [0.15, 0.2) is 16.6 Å². The van der Waals surface area contributed by atoms with Gasteiger partial charge >= 0.3 is 0 Å². The normalized spacial score (nSPS) is 14.4. The molecule has 0 radical (unpaired) electrons. The van der Waals surface area contributed by atoms with Gasteiger partial charge in [0.05, 0.1) is 13.2 Å². The van der Waals surface area contributed by atoms with Crippen LogP contribution in [0.3, 0.4) is 0 Å². The molecule has 0 aliphatic carbocycles. The molecular formula is C15H20BrNO2S. The summed E-state index contributed by atoms with van der Waals surface area (Å²) >= 11 is 9.22. The summed E-state index contributed by atoms with van der Waals surface area (Å²) in [5.41, 5.74) is 1.01. The molecule has 1 aliphatic rings. The van der Waals surface area contributed by atoms with Crippen LogP contribution in [0.25, 0.3) is 0 Å². The van der Waals surface area contributed by atoms with Crippen LogP contribution in [0.5, 0.6) is 11.5 Å².